The lowest BCUT2D eigenvalue weighted by Crippen LogP contribution is -2.35. The second-order valence-electron chi connectivity index (χ2n) is 7.18. The average Bonchev–Trinajstić information content (AvgIpc) is 2.99. The molecule has 158 valence electrons. The Kier molecular flexibility index (Phi) is 6.40. The smallest absolute Gasteiger partial charge is 0.282 e. The molecule has 1 N–H and O–H groups in total. The van der Waals surface area contributed by atoms with E-state index in [0.717, 1.165) is 23.8 Å². The van der Waals surface area contributed by atoms with Crippen molar-refractivity contribution >= 4 is 29.3 Å². The summed E-state index contributed by atoms with van der Waals surface area (Å²) in [6.45, 7) is 9.70. The molecule has 1 heterocycles. The first kappa shape index (κ1) is 21.4. The summed E-state index contributed by atoms with van der Waals surface area (Å²) in [5.41, 5.74) is 4.54. The fourth-order valence-corrected chi connectivity index (χ4v) is 3.27. The fourth-order valence-electron chi connectivity index (χ4n) is 3.27. The largest absolute Gasteiger partial charge is 0.490 e. The van der Waals surface area contributed by atoms with Crippen LogP contribution in [0, 0.1) is 5.82 Å². The Morgan fingerprint density at radius 3 is 2.37 bits per heavy atom. The maximum absolute atomic E-state index is 13.2. The van der Waals surface area contributed by atoms with Gasteiger partial charge in [-0.3, -0.25) is 15.0 Å². The van der Waals surface area contributed by atoms with Crippen LogP contribution in [0.4, 0.5) is 15.8 Å². The van der Waals surface area contributed by atoms with Gasteiger partial charge in [0.05, 0.1) is 11.8 Å². The lowest BCUT2D eigenvalue weighted by Gasteiger charge is -2.23. The summed E-state index contributed by atoms with van der Waals surface area (Å²) in [6, 6.07) is 11.1. The molecule has 0 bridgehead atoms. The molecule has 0 unspecified atom stereocenters. The number of halogens is 1. The van der Waals surface area contributed by atoms with Gasteiger partial charge in [0.15, 0.2) is 0 Å². The predicted molar refractivity (Wildman–Crippen MR) is 116 cm³/mol. The number of hydrogen-bond acceptors (Lipinski definition) is 4. The van der Waals surface area contributed by atoms with Gasteiger partial charge in [-0.25, -0.2) is 9.40 Å². The molecule has 1 aliphatic rings. The van der Waals surface area contributed by atoms with E-state index in [-0.39, 0.29) is 11.7 Å². The molecular weight excluding hydrogens is 385 g/mol. The zero-order valence-corrected chi connectivity index (χ0v) is 17.6. The maximum Gasteiger partial charge on any atom is 0.282 e. The Labute approximate surface area is 175 Å². The molecule has 0 atom stereocenters. The molecule has 6 nitrogen and oxygen atoms in total. The summed E-state index contributed by atoms with van der Waals surface area (Å²) < 4.78 is 19.1. The Bertz CT molecular complexity index is 966. The van der Waals surface area contributed by atoms with Gasteiger partial charge in [-0.1, -0.05) is 0 Å². The van der Waals surface area contributed by atoms with Crippen LogP contribution in [0.1, 0.15) is 33.3 Å². The highest BCUT2D eigenvalue weighted by molar-refractivity contribution is 6.31. The van der Waals surface area contributed by atoms with Gasteiger partial charge in [0.1, 0.15) is 17.1 Å². The highest BCUT2D eigenvalue weighted by Crippen LogP contribution is 2.30. The SMILES string of the molecule is CCN(CC)c1ccc(C=C2C(=O)NN(c3ccc(F)cc3)C2=O)c(OC(C)C)c1. The number of benzene rings is 2. The van der Waals surface area contributed by atoms with E-state index >= 15 is 0 Å². The number of anilines is 2. The molecule has 0 aliphatic carbocycles. The third-order valence-corrected chi connectivity index (χ3v) is 4.76. The van der Waals surface area contributed by atoms with Gasteiger partial charge in [0, 0.05) is 30.4 Å². The molecule has 2 amide bonds. The van der Waals surface area contributed by atoms with Gasteiger partial charge in [-0.15, -0.1) is 0 Å². The van der Waals surface area contributed by atoms with Crippen LogP contribution in [0.15, 0.2) is 48.0 Å². The van der Waals surface area contributed by atoms with Crippen LogP contribution in [-0.2, 0) is 9.59 Å². The van der Waals surface area contributed by atoms with Gasteiger partial charge in [-0.2, -0.15) is 0 Å². The summed E-state index contributed by atoms with van der Waals surface area (Å²) >= 11 is 0. The topological polar surface area (TPSA) is 61.9 Å². The van der Waals surface area contributed by atoms with E-state index in [9.17, 15) is 14.0 Å². The maximum atomic E-state index is 13.2. The number of amides is 2. The molecular formula is C23H26FN3O3. The Balaban J connectivity index is 1.97. The third kappa shape index (κ3) is 4.45. The predicted octanol–water partition coefficient (Wildman–Crippen LogP) is 3.92. The summed E-state index contributed by atoms with van der Waals surface area (Å²) in [5.74, 6) is -0.846. The quantitative estimate of drug-likeness (QED) is 0.554. The number of carbonyl (C=O) groups excluding carboxylic acids is 2. The molecule has 2 aromatic rings. The first-order valence-electron chi connectivity index (χ1n) is 10.0. The third-order valence-electron chi connectivity index (χ3n) is 4.76. The minimum atomic E-state index is -0.521. The number of carbonyl (C=O) groups is 2. The highest BCUT2D eigenvalue weighted by Gasteiger charge is 2.34. The molecule has 7 heteroatoms. The van der Waals surface area contributed by atoms with E-state index in [1.807, 2.05) is 32.0 Å². The van der Waals surface area contributed by atoms with Crippen LogP contribution < -0.4 is 20.1 Å². The minimum Gasteiger partial charge on any atom is -0.490 e. The summed E-state index contributed by atoms with van der Waals surface area (Å²) in [6.07, 6.45) is 1.46. The molecule has 30 heavy (non-hydrogen) atoms. The van der Waals surface area contributed by atoms with Crippen molar-refractivity contribution in [2.24, 2.45) is 0 Å². The Hall–Kier alpha value is -3.35. The molecule has 0 saturated carbocycles. The zero-order chi connectivity index (χ0) is 21.8. The lowest BCUT2D eigenvalue weighted by molar-refractivity contribution is -0.117. The van der Waals surface area contributed by atoms with E-state index in [0.29, 0.717) is 17.0 Å². The van der Waals surface area contributed by atoms with E-state index in [1.165, 1.54) is 30.3 Å². The van der Waals surface area contributed by atoms with Crippen LogP contribution in [-0.4, -0.2) is 31.0 Å². The van der Waals surface area contributed by atoms with Gasteiger partial charge in [0.25, 0.3) is 11.8 Å². The second-order valence-corrected chi connectivity index (χ2v) is 7.18. The van der Waals surface area contributed by atoms with Crippen LogP contribution >= 0.6 is 0 Å². The van der Waals surface area contributed by atoms with Crippen LogP contribution in [0.5, 0.6) is 5.75 Å². The number of rotatable bonds is 7. The van der Waals surface area contributed by atoms with Crippen molar-refractivity contribution in [1.29, 1.82) is 0 Å². The molecule has 3 rings (SSSR count). The van der Waals surface area contributed by atoms with E-state index in [4.69, 9.17) is 4.74 Å². The Morgan fingerprint density at radius 1 is 1.10 bits per heavy atom. The van der Waals surface area contributed by atoms with Crippen molar-refractivity contribution in [1.82, 2.24) is 5.43 Å². The van der Waals surface area contributed by atoms with Gasteiger partial charge < -0.3 is 9.64 Å². The van der Waals surface area contributed by atoms with Crippen LogP contribution in [0.25, 0.3) is 6.08 Å². The minimum absolute atomic E-state index is 0.0106. The highest BCUT2D eigenvalue weighted by atomic mass is 19.1. The van der Waals surface area contributed by atoms with Crippen molar-refractivity contribution < 1.29 is 18.7 Å². The van der Waals surface area contributed by atoms with E-state index in [2.05, 4.69) is 24.2 Å². The fraction of sp³-hybridized carbons (Fsp3) is 0.304. The van der Waals surface area contributed by atoms with Crippen molar-refractivity contribution in [3.63, 3.8) is 0 Å². The van der Waals surface area contributed by atoms with E-state index < -0.39 is 17.6 Å². The molecule has 0 spiro atoms. The zero-order valence-electron chi connectivity index (χ0n) is 17.6. The molecule has 2 aromatic carbocycles. The molecule has 0 aromatic heterocycles. The summed E-state index contributed by atoms with van der Waals surface area (Å²) in [5, 5.41) is 1.11. The number of hydrogen-bond donors (Lipinski definition) is 1. The summed E-state index contributed by atoms with van der Waals surface area (Å²) in [7, 11) is 0. The van der Waals surface area contributed by atoms with Crippen LogP contribution in [0.2, 0.25) is 0 Å². The first-order valence-corrected chi connectivity index (χ1v) is 10.0. The Morgan fingerprint density at radius 2 is 1.77 bits per heavy atom. The number of ether oxygens (including phenoxy) is 1. The molecule has 1 fully saturated rings. The summed E-state index contributed by atoms with van der Waals surface area (Å²) in [4.78, 5) is 27.5. The monoisotopic (exact) mass is 411 g/mol. The van der Waals surface area contributed by atoms with Crippen molar-refractivity contribution in [3.8, 4) is 5.75 Å². The molecule has 1 aliphatic heterocycles. The van der Waals surface area contributed by atoms with Gasteiger partial charge in [-0.05, 0) is 70.2 Å². The number of nitrogens with zero attached hydrogens (tertiary/aromatic N) is 2. The number of hydrazine groups is 1. The first-order chi connectivity index (χ1) is 14.3. The average molecular weight is 411 g/mol. The number of nitrogens with one attached hydrogen (secondary N) is 1. The van der Waals surface area contributed by atoms with Gasteiger partial charge in [0.2, 0.25) is 0 Å². The van der Waals surface area contributed by atoms with Gasteiger partial charge >= 0.3 is 0 Å². The lowest BCUT2D eigenvalue weighted by atomic mass is 10.1. The second kappa shape index (κ2) is 8.98. The normalized spacial score (nSPS) is 15.1. The van der Waals surface area contributed by atoms with Crippen molar-refractivity contribution in [2.75, 3.05) is 23.0 Å². The molecule has 0 radical (unpaired) electrons. The standard InChI is InChI=1S/C23H26FN3O3/c1-5-26(6-2)19-10-7-16(21(14-19)30-15(3)4)13-20-22(28)25-27(23(20)29)18-11-8-17(24)9-12-18/h7-15H,5-6H2,1-4H3,(H,25,28). The van der Waals surface area contributed by atoms with E-state index in [1.54, 1.807) is 0 Å². The molecule has 1 saturated heterocycles. The van der Waals surface area contributed by atoms with Crippen LogP contribution in [0.3, 0.4) is 0 Å². The van der Waals surface area contributed by atoms with Crippen molar-refractivity contribution in [3.05, 3.63) is 59.4 Å². The van der Waals surface area contributed by atoms with Crippen molar-refractivity contribution in [2.45, 2.75) is 33.8 Å².